The summed E-state index contributed by atoms with van der Waals surface area (Å²) in [6.45, 7) is 5.92. The lowest BCUT2D eigenvalue weighted by Gasteiger charge is -2.05. The number of unbranched alkanes of at least 4 members (excludes halogenated alkanes) is 12. The molecule has 0 bridgehead atoms. The quantitative estimate of drug-likeness (QED) is 0.360. The van der Waals surface area contributed by atoms with Crippen molar-refractivity contribution in [2.45, 2.75) is 104 Å². The van der Waals surface area contributed by atoms with E-state index in [0.717, 1.165) is 19.4 Å². The number of rotatable bonds is 16. The van der Waals surface area contributed by atoms with E-state index in [4.69, 9.17) is 0 Å². The molecule has 0 saturated heterocycles. The van der Waals surface area contributed by atoms with E-state index < -0.39 is 0 Å². The first-order chi connectivity index (χ1) is 10.8. The Morgan fingerprint density at radius 3 is 1.68 bits per heavy atom. The van der Waals surface area contributed by atoms with Crippen LogP contribution in [0.4, 0.5) is 4.79 Å². The van der Waals surface area contributed by atoms with Crippen molar-refractivity contribution in [1.29, 1.82) is 0 Å². The first-order valence-electron chi connectivity index (χ1n) is 9.76. The molecule has 0 aliphatic carbocycles. The van der Waals surface area contributed by atoms with Crippen molar-refractivity contribution < 1.29 is 4.79 Å². The van der Waals surface area contributed by atoms with Crippen LogP contribution >= 0.6 is 0 Å². The summed E-state index contributed by atoms with van der Waals surface area (Å²) in [5.41, 5.74) is 0. The zero-order valence-electron chi connectivity index (χ0n) is 15.2. The van der Waals surface area contributed by atoms with E-state index in [1.165, 1.54) is 77.0 Å². The van der Waals surface area contributed by atoms with Crippen molar-refractivity contribution in [2.75, 3.05) is 13.1 Å². The van der Waals surface area contributed by atoms with E-state index in [-0.39, 0.29) is 6.03 Å². The maximum absolute atomic E-state index is 11.5. The molecular weight excluding hydrogens is 272 g/mol. The van der Waals surface area contributed by atoms with Gasteiger partial charge in [-0.25, -0.2) is 10.1 Å². The highest BCUT2D eigenvalue weighted by atomic mass is 16.2. The lowest BCUT2D eigenvalue weighted by Crippen LogP contribution is -2.31. The highest BCUT2D eigenvalue weighted by Gasteiger charge is 2.00. The van der Waals surface area contributed by atoms with Crippen LogP contribution in [0.2, 0.25) is 0 Å². The predicted molar refractivity (Wildman–Crippen MR) is 96.4 cm³/mol. The molecule has 0 atom stereocenters. The fourth-order valence-electron chi connectivity index (χ4n) is 2.58. The molecule has 1 N–H and O–H groups in total. The first kappa shape index (κ1) is 21.3. The van der Waals surface area contributed by atoms with Gasteiger partial charge in [0.2, 0.25) is 0 Å². The molecule has 0 rings (SSSR count). The van der Waals surface area contributed by atoms with E-state index in [0.29, 0.717) is 6.54 Å². The van der Waals surface area contributed by atoms with Crippen molar-refractivity contribution in [3.8, 4) is 0 Å². The van der Waals surface area contributed by atoms with Gasteiger partial charge in [-0.1, -0.05) is 90.9 Å². The van der Waals surface area contributed by atoms with Gasteiger partial charge in [0.05, 0.1) is 0 Å². The monoisotopic (exact) mass is 311 g/mol. The van der Waals surface area contributed by atoms with Crippen LogP contribution in [0.3, 0.4) is 0 Å². The van der Waals surface area contributed by atoms with E-state index in [1.54, 1.807) is 0 Å². The van der Waals surface area contributed by atoms with Gasteiger partial charge in [-0.3, -0.25) is 0 Å². The number of nitrogens with one attached hydrogen (secondary N) is 1. The summed E-state index contributed by atoms with van der Waals surface area (Å²) in [6, 6.07) is -0.118. The maximum Gasteiger partial charge on any atom is 0.336 e. The van der Waals surface area contributed by atoms with E-state index >= 15 is 0 Å². The lowest BCUT2D eigenvalue weighted by atomic mass is 10.1. The summed E-state index contributed by atoms with van der Waals surface area (Å²) >= 11 is 0. The molecule has 0 aromatic rings. The number of hydrogen-bond donors (Lipinski definition) is 1. The Kier molecular flexibility index (Phi) is 17.7. The minimum Gasteiger partial charge on any atom is -0.337 e. The van der Waals surface area contributed by atoms with Crippen LogP contribution in [0, 0.1) is 0 Å². The van der Waals surface area contributed by atoms with Gasteiger partial charge in [-0.15, -0.1) is 0 Å². The summed E-state index contributed by atoms with van der Waals surface area (Å²) < 4.78 is 0. The van der Waals surface area contributed by atoms with Crippen LogP contribution in [-0.2, 0) is 0 Å². The number of carbonyl (C=O) groups excluding carboxylic acids is 1. The Morgan fingerprint density at radius 1 is 0.682 bits per heavy atom. The second-order valence-corrected chi connectivity index (χ2v) is 6.36. The topological polar surface area (TPSA) is 43.2 Å². The first-order valence-corrected chi connectivity index (χ1v) is 9.76. The van der Waals surface area contributed by atoms with Crippen LogP contribution in [0.5, 0.6) is 0 Å². The second kappa shape index (κ2) is 18.3. The average Bonchev–Trinajstić information content (AvgIpc) is 2.52. The van der Waals surface area contributed by atoms with Gasteiger partial charge < -0.3 is 5.32 Å². The highest BCUT2D eigenvalue weighted by molar-refractivity contribution is 5.73. The van der Waals surface area contributed by atoms with Gasteiger partial charge >= 0.3 is 6.03 Å². The van der Waals surface area contributed by atoms with Crippen molar-refractivity contribution in [1.82, 2.24) is 10.6 Å². The number of hydrogen-bond acceptors (Lipinski definition) is 1. The van der Waals surface area contributed by atoms with Gasteiger partial charge in [-0.2, -0.15) is 0 Å². The standard InChI is InChI=1S/C19H39N2O/c1-3-5-7-9-10-11-12-13-14-16-18-21-19(22)20-17-15-8-6-4-2/h3-18H2,1-2H3,(H,21,22). The van der Waals surface area contributed by atoms with Gasteiger partial charge in [0.15, 0.2) is 0 Å². The number of nitrogens with zero attached hydrogens (tertiary/aromatic N) is 1. The van der Waals surface area contributed by atoms with E-state index in [2.05, 4.69) is 24.5 Å². The van der Waals surface area contributed by atoms with Crippen molar-refractivity contribution in [3.63, 3.8) is 0 Å². The summed E-state index contributed by atoms with van der Waals surface area (Å²) in [6.07, 6.45) is 18.0. The van der Waals surface area contributed by atoms with E-state index in [1.807, 2.05) is 0 Å². The van der Waals surface area contributed by atoms with Gasteiger partial charge in [-0.05, 0) is 12.8 Å². The van der Waals surface area contributed by atoms with Crippen molar-refractivity contribution in [2.24, 2.45) is 0 Å². The van der Waals surface area contributed by atoms with Crippen LogP contribution in [0.25, 0.3) is 0 Å². The smallest absolute Gasteiger partial charge is 0.336 e. The summed E-state index contributed by atoms with van der Waals surface area (Å²) in [7, 11) is 0. The van der Waals surface area contributed by atoms with Crippen LogP contribution < -0.4 is 10.6 Å². The lowest BCUT2D eigenvalue weighted by molar-refractivity contribution is 0.239. The van der Waals surface area contributed by atoms with Crippen molar-refractivity contribution in [3.05, 3.63) is 0 Å². The summed E-state index contributed by atoms with van der Waals surface area (Å²) in [5, 5.41) is 6.92. The van der Waals surface area contributed by atoms with Gasteiger partial charge in [0, 0.05) is 13.1 Å². The molecule has 3 heteroatoms. The fourth-order valence-corrected chi connectivity index (χ4v) is 2.58. The molecule has 0 spiro atoms. The highest BCUT2D eigenvalue weighted by Crippen LogP contribution is 2.10. The third kappa shape index (κ3) is 17.3. The van der Waals surface area contributed by atoms with Crippen molar-refractivity contribution >= 4 is 6.03 Å². The summed E-state index contributed by atoms with van der Waals surface area (Å²) in [4.78, 5) is 11.5. The molecule has 0 aromatic heterocycles. The third-order valence-electron chi connectivity index (χ3n) is 4.07. The van der Waals surface area contributed by atoms with Crippen LogP contribution in [0.1, 0.15) is 104 Å². The molecule has 0 fully saturated rings. The summed E-state index contributed by atoms with van der Waals surface area (Å²) in [5.74, 6) is 0. The number of amides is 2. The number of carbonyl (C=O) groups is 1. The zero-order chi connectivity index (χ0) is 16.3. The molecule has 1 radical (unpaired) electrons. The normalized spacial score (nSPS) is 10.6. The fraction of sp³-hybridized carbons (Fsp3) is 0.947. The average molecular weight is 312 g/mol. The Morgan fingerprint density at radius 2 is 1.14 bits per heavy atom. The van der Waals surface area contributed by atoms with Gasteiger partial charge in [0.25, 0.3) is 0 Å². The molecule has 0 aromatic carbocycles. The molecule has 0 unspecified atom stereocenters. The zero-order valence-corrected chi connectivity index (χ0v) is 15.2. The predicted octanol–water partition coefficient (Wildman–Crippen LogP) is 5.80. The molecule has 2 amide bonds. The Bertz CT molecular complexity index is 231. The molecular formula is C19H39N2O. The molecule has 22 heavy (non-hydrogen) atoms. The largest absolute Gasteiger partial charge is 0.337 e. The molecule has 3 nitrogen and oxygen atoms in total. The molecule has 0 aliphatic heterocycles. The molecule has 0 heterocycles. The molecule has 131 valence electrons. The Labute approximate surface area is 139 Å². The number of urea groups is 1. The maximum atomic E-state index is 11.5. The molecule has 0 saturated carbocycles. The Hall–Kier alpha value is -0.730. The Balaban J connectivity index is 3.10. The van der Waals surface area contributed by atoms with Crippen LogP contribution in [-0.4, -0.2) is 19.1 Å². The second-order valence-electron chi connectivity index (χ2n) is 6.36. The minimum atomic E-state index is -0.118. The molecule has 0 aliphatic rings. The van der Waals surface area contributed by atoms with Crippen LogP contribution in [0.15, 0.2) is 0 Å². The van der Waals surface area contributed by atoms with Gasteiger partial charge in [0.1, 0.15) is 0 Å². The van der Waals surface area contributed by atoms with E-state index in [9.17, 15) is 4.79 Å². The third-order valence-corrected chi connectivity index (χ3v) is 4.07. The minimum absolute atomic E-state index is 0.118. The SMILES string of the molecule is CCCCCCCCCCCCNC(=O)[N]CCCCCC.